The van der Waals surface area contributed by atoms with Gasteiger partial charge in [0.25, 0.3) is 0 Å². The van der Waals surface area contributed by atoms with Crippen LogP contribution in [0.1, 0.15) is 0 Å². The maximum absolute atomic E-state index is 12.3. The Morgan fingerprint density at radius 1 is 1.25 bits per heavy atom. The number of sulfone groups is 1. The number of hydrogen-bond donors (Lipinski definition) is 2. The van der Waals surface area contributed by atoms with E-state index in [1.165, 1.54) is 0 Å². The molecule has 1 aromatic carbocycles. The van der Waals surface area contributed by atoms with Gasteiger partial charge in [-0.05, 0) is 12.1 Å². The zero-order valence-electron chi connectivity index (χ0n) is 11.0. The van der Waals surface area contributed by atoms with E-state index in [0.717, 1.165) is 0 Å². The SMILES string of the molecule is O=C(Nc1ccccc1)N1CCN[C@H]2CS(=O)(=O)C[C@H]21. The van der Waals surface area contributed by atoms with Crippen molar-refractivity contribution in [2.45, 2.75) is 12.1 Å². The lowest BCUT2D eigenvalue weighted by atomic mass is 10.1. The van der Waals surface area contributed by atoms with Crippen LogP contribution in [0.25, 0.3) is 0 Å². The van der Waals surface area contributed by atoms with Gasteiger partial charge in [-0.2, -0.15) is 0 Å². The number of carbonyl (C=O) groups excluding carboxylic acids is 1. The molecule has 1 aromatic rings. The predicted molar refractivity (Wildman–Crippen MR) is 76.4 cm³/mol. The number of piperazine rings is 1. The van der Waals surface area contributed by atoms with E-state index in [1.54, 1.807) is 4.90 Å². The van der Waals surface area contributed by atoms with Gasteiger partial charge in [-0.15, -0.1) is 0 Å². The number of urea groups is 1. The van der Waals surface area contributed by atoms with E-state index in [1.807, 2.05) is 30.3 Å². The number of amides is 2. The Morgan fingerprint density at radius 3 is 2.75 bits per heavy atom. The fraction of sp³-hybridized carbons (Fsp3) is 0.462. The van der Waals surface area contributed by atoms with E-state index in [9.17, 15) is 13.2 Å². The number of nitrogens with zero attached hydrogens (tertiary/aromatic N) is 1. The van der Waals surface area contributed by atoms with Crippen LogP contribution in [0.5, 0.6) is 0 Å². The van der Waals surface area contributed by atoms with E-state index in [4.69, 9.17) is 0 Å². The number of carbonyl (C=O) groups is 1. The lowest BCUT2D eigenvalue weighted by molar-refractivity contribution is 0.163. The second-order valence-electron chi connectivity index (χ2n) is 5.19. The highest BCUT2D eigenvalue weighted by Crippen LogP contribution is 2.22. The van der Waals surface area contributed by atoms with Crippen molar-refractivity contribution in [3.8, 4) is 0 Å². The minimum Gasteiger partial charge on any atom is -0.318 e. The third kappa shape index (κ3) is 2.64. The number of nitrogens with one attached hydrogen (secondary N) is 2. The zero-order valence-corrected chi connectivity index (χ0v) is 11.8. The van der Waals surface area contributed by atoms with Gasteiger partial charge in [0, 0.05) is 24.8 Å². The Balaban J connectivity index is 1.74. The summed E-state index contributed by atoms with van der Waals surface area (Å²) in [5.41, 5.74) is 0.716. The Morgan fingerprint density at radius 2 is 2.00 bits per heavy atom. The molecule has 2 fully saturated rings. The van der Waals surface area contributed by atoms with Crippen LogP contribution in [-0.2, 0) is 9.84 Å². The molecule has 0 aromatic heterocycles. The Kier molecular flexibility index (Phi) is 3.39. The smallest absolute Gasteiger partial charge is 0.318 e. The molecule has 2 aliphatic rings. The molecule has 108 valence electrons. The second-order valence-corrected chi connectivity index (χ2v) is 7.35. The highest BCUT2D eigenvalue weighted by atomic mass is 32.2. The summed E-state index contributed by atoms with van der Waals surface area (Å²) in [5, 5.41) is 6.00. The van der Waals surface area contributed by atoms with Crippen LogP contribution < -0.4 is 10.6 Å². The molecule has 6 nitrogen and oxygen atoms in total. The van der Waals surface area contributed by atoms with Crippen molar-refractivity contribution < 1.29 is 13.2 Å². The first kappa shape index (κ1) is 13.4. The van der Waals surface area contributed by atoms with Gasteiger partial charge in [-0.3, -0.25) is 0 Å². The van der Waals surface area contributed by atoms with Crippen LogP contribution in [0.15, 0.2) is 30.3 Å². The van der Waals surface area contributed by atoms with Crippen LogP contribution in [0.2, 0.25) is 0 Å². The van der Waals surface area contributed by atoms with Crippen molar-refractivity contribution in [3.63, 3.8) is 0 Å². The highest BCUT2D eigenvalue weighted by Gasteiger charge is 2.44. The summed E-state index contributed by atoms with van der Waals surface area (Å²) in [4.78, 5) is 14.0. The van der Waals surface area contributed by atoms with Crippen molar-refractivity contribution in [2.75, 3.05) is 29.9 Å². The molecule has 2 saturated heterocycles. The third-order valence-electron chi connectivity index (χ3n) is 3.77. The van der Waals surface area contributed by atoms with Gasteiger partial charge in [0.15, 0.2) is 9.84 Å². The lowest BCUT2D eigenvalue weighted by Crippen LogP contribution is -2.59. The fourth-order valence-corrected chi connectivity index (χ4v) is 4.79. The summed E-state index contributed by atoms with van der Waals surface area (Å²) in [5.74, 6) is 0.166. The van der Waals surface area contributed by atoms with Gasteiger partial charge < -0.3 is 15.5 Å². The van der Waals surface area contributed by atoms with Gasteiger partial charge in [-0.25, -0.2) is 13.2 Å². The topological polar surface area (TPSA) is 78.5 Å². The fourth-order valence-electron chi connectivity index (χ4n) is 2.84. The van der Waals surface area contributed by atoms with Crippen LogP contribution >= 0.6 is 0 Å². The summed E-state index contributed by atoms with van der Waals surface area (Å²) in [6, 6.07) is 8.54. The summed E-state index contributed by atoms with van der Waals surface area (Å²) in [6.45, 7) is 1.15. The second kappa shape index (κ2) is 5.06. The largest absolute Gasteiger partial charge is 0.322 e. The Hall–Kier alpha value is -1.60. The number of benzene rings is 1. The monoisotopic (exact) mass is 295 g/mol. The van der Waals surface area contributed by atoms with E-state index in [-0.39, 0.29) is 29.6 Å². The van der Waals surface area contributed by atoms with Gasteiger partial charge in [0.2, 0.25) is 0 Å². The molecule has 20 heavy (non-hydrogen) atoms. The maximum Gasteiger partial charge on any atom is 0.322 e. The van der Waals surface area contributed by atoms with Gasteiger partial charge >= 0.3 is 6.03 Å². The van der Waals surface area contributed by atoms with E-state index >= 15 is 0 Å². The first-order chi connectivity index (χ1) is 9.55. The molecule has 0 spiro atoms. The summed E-state index contributed by atoms with van der Waals surface area (Å²) < 4.78 is 23.5. The minimum atomic E-state index is -3.05. The van der Waals surface area contributed by atoms with E-state index in [0.29, 0.717) is 18.8 Å². The van der Waals surface area contributed by atoms with Crippen molar-refractivity contribution in [1.82, 2.24) is 10.2 Å². The molecule has 2 amide bonds. The maximum atomic E-state index is 12.3. The average molecular weight is 295 g/mol. The van der Waals surface area contributed by atoms with Crippen LogP contribution in [0.4, 0.5) is 10.5 Å². The molecule has 2 heterocycles. The molecule has 2 N–H and O–H groups in total. The van der Waals surface area contributed by atoms with E-state index in [2.05, 4.69) is 10.6 Å². The predicted octanol–water partition coefficient (Wildman–Crippen LogP) is 0.289. The van der Waals surface area contributed by atoms with Gasteiger partial charge in [0.1, 0.15) is 0 Å². The van der Waals surface area contributed by atoms with Crippen molar-refractivity contribution in [1.29, 1.82) is 0 Å². The Bertz CT molecular complexity index is 603. The minimum absolute atomic E-state index is 0.0485. The van der Waals surface area contributed by atoms with Gasteiger partial charge in [0.05, 0.1) is 17.5 Å². The highest BCUT2D eigenvalue weighted by molar-refractivity contribution is 7.91. The summed E-state index contributed by atoms with van der Waals surface area (Å²) in [7, 11) is -3.05. The first-order valence-corrected chi connectivity index (χ1v) is 8.44. The van der Waals surface area contributed by atoms with Crippen molar-refractivity contribution in [3.05, 3.63) is 30.3 Å². The van der Waals surface area contributed by atoms with E-state index < -0.39 is 9.84 Å². The van der Waals surface area contributed by atoms with Crippen molar-refractivity contribution in [2.24, 2.45) is 0 Å². The van der Waals surface area contributed by atoms with Crippen LogP contribution in [-0.4, -0.2) is 56.0 Å². The summed E-state index contributed by atoms with van der Waals surface area (Å²) in [6.07, 6.45) is 0. The number of hydrogen-bond acceptors (Lipinski definition) is 4. The van der Waals surface area contributed by atoms with Crippen LogP contribution in [0.3, 0.4) is 0 Å². The molecule has 0 saturated carbocycles. The molecule has 0 radical (unpaired) electrons. The first-order valence-electron chi connectivity index (χ1n) is 6.62. The van der Waals surface area contributed by atoms with Crippen molar-refractivity contribution >= 4 is 21.6 Å². The summed E-state index contributed by atoms with van der Waals surface area (Å²) >= 11 is 0. The molecule has 0 bridgehead atoms. The number of anilines is 1. The average Bonchev–Trinajstić information content (AvgIpc) is 2.73. The molecule has 2 atom stereocenters. The zero-order chi connectivity index (χ0) is 14.2. The molecule has 2 aliphatic heterocycles. The third-order valence-corrected chi connectivity index (χ3v) is 5.48. The number of rotatable bonds is 1. The van der Waals surface area contributed by atoms with Gasteiger partial charge in [-0.1, -0.05) is 18.2 Å². The Labute approximate surface area is 118 Å². The van der Waals surface area contributed by atoms with Crippen LogP contribution in [0, 0.1) is 0 Å². The normalized spacial score (nSPS) is 27.9. The number of fused-ring (bicyclic) bond motifs is 1. The molecule has 3 rings (SSSR count). The quantitative estimate of drug-likeness (QED) is 0.780. The molecular weight excluding hydrogens is 278 g/mol. The molecule has 0 unspecified atom stereocenters. The molecule has 0 aliphatic carbocycles. The molecular formula is C13H17N3O3S. The standard InChI is InChI=1S/C13H17N3O3S/c17-13(15-10-4-2-1-3-5-10)16-7-6-14-11-8-20(18,19)9-12(11)16/h1-5,11-12,14H,6-9H2,(H,15,17)/t11-,12+/m0/s1. The number of para-hydroxylation sites is 1. The molecule has 7 heteroatoms. The lowest BCUT2D eigenvalue weighted by Gasteiger charge is -2.37.